The maximum atomic E-state index is 11.3. The summed E-state index contributed by atoms with van der Waals surface area (Å²) in [5, 5.41) is 10.6. The number of nitrogens with one attached hydrogen (secondary N) is 2. The molecule has 0 atom stereocenters. The molecule has 1 aliphatic rings. The van der Waals surface area contributed by atoms with Crippen LogP contribution < -0.4 is 20.5 Å². The van der Waals surface area contributed by atoms with Crippen LogP contribution in [0.1, 0.15) is 6.92 Å². The molecule has 4 N–H and O–H groups in total. The van der Waals surface area contributed by atoms with E-state index < -0.39 is 0 Å². The molecule has 0 fully saturated rings. The van der Waals surface area contributed by atoms with E-state index in [1.807, 2.05) is 22.8 Å². The molecule has 158 valence electrons. The summed E-state index contributed by atoms with van der Waals surface area (Å²) < 4.78 is 13.0. The minimum atomic E-state index is -0.107. The summed E-state index contributed by atoms with van der Waals surface area (Å²) in [6.07, 6.45) is 3.16. The van der Waals surface area contributed by atoms with Gasteiger partial charge in [-0.15, -0.1) is 0 Å². The molecule has 0 unspecified atom stereocenters. The predicted molar refractivity (Wildman–Crippen MR) is 113 cm³/mol. The molecule has 0 aliphatic carbocycles. The van der Waals surface area contributed by atoms with Gasteiger partial charge in [-0.3, -0.25) is 9.89 Å². The fourth-order valence-corrected chi connectivity index (χ4v) is 4.33. The number of nitrogens with zero attached hydrogens (tertiary/aromatic N) is 5. The van der Waals surface area contributed by atoms with Gasteiger partial charge in [0.05, 0.1) is 5.69 Å². The van der Waals surface area contributed by atoms with E-state index in [4.69, 9.17) is 15.2 Å². The zero-order chi connectivity index (χ0) is 21.4. The molecule has 0 bridgehead atoms. The number of nitrogen functional groups attached to an aromatic ring is 1. The van der Waals surface area contributed by atoms with Crippen molar-refractivity contribution < 1.29 is 14.3 Å². The molecular formula is C19H18N8O3S. The molecule has 5 rings (SSSR count). The Hall–Kier alpha value is -3.80. The molecular weight excluding hydrogens is 420 g/mol. The first kappa shape index (κ1) is 19.2. The lowest BCUT2D eigenvalue weighted by atomic mass is 10.1. The molecule has 4 heterocycles. The SMILES string of the molecule is CC(=O)NCCn1c(Sc2cc3c(cc2-c2cc[nH]n2)OCO3)nc2c(N)ncnc21. The Labute approximate surface area is 180 Å². The number of aromatic amines is 1. The van der Waals surface area contributed by atoms with Gasteiger partial charge in [-0.2, -0.15) is 5.10 Å². The zero-order valence-corrected chi connectivity index (χ0v) is 17.3. The van der Waals surface area contributed by atoms with Crippen LogP contribution in [0.5, 0.6) is 11.5 Å². The largest absolute Gasteiger partial charge is 0.454 e. The lowest BCUT2D eigenvalue weighted by Crippen LogP contribution is -2.24. The number of anilines is 1. The summed E-state index contributed by atoms with van der Waals surface area (Å²) in [5.41, 5.74) is 8.78. The quantitative estimate of drug-likeness (QED) is 0.410. The average Bonchev–Trinajstić information content (AvgIpc) is 3.48. The second-order valence-corrected chi connectivity index (χ2v) is 7.73. The fourth-order valence-electron chi connectivity index (χ4n) is 3.27. The van der Waals surface area contributed by atoms with Crippen LogP contribution in [0.25, 0.3) is 22.4 Å². The Morgan fingerprint density at radius 2 is 2.16 bits per heavy atom. The van der Waals surface area contributed by atoms with Crippen molar-refractivity contribution in [2.45, 2.75) is 23.5 Å². The standard InChI is InChI=1S/C19H18N8O3S/c1-10(28)21-4-5-27-18-16(17(20)22-8-23-18)25-19(27)31-15-7-14-13(29-9-30-14)6-11(15)12-2-3-24-26-12/h2-3,6-8H,4-5,9H2,1H3,(H,21,28)(H,24,26)(H2,20,22,23). The van der Waals surface area contributed by atoms with Gasteiger partial charge in [-0.1, -0.05) is 11.8 Å². The number of fused-ring (bicyclic) bond motifs is 2. The van der Waals surface area contributed by atoms with Crippen LogP contribution in [-0.4, -0.2) is 49.0 Å². The van der Waals surface area contributed by atoms with E-state index in [-0.39, 0.29) is 12.7 Å². The molecule has 1 amide bonds. The Morgan fingerprint density at radius 1 is 1.32 bits per heavy atom. The third-order valence-corrected chi connectivity index (χ3v) is 5.74. The second kappa shape index (κ2) is 7.80. The van der Waals surface area contributed by atoms with Gasteiger partial charge < -0.3 is 25.1 Å². The van der Waals surface area contributed by atoms with Crippen molar-refractivity contribution >= 4 is 34.7 Å². The number of hydrogen-bond donors (Lipinski definition) is 3. The number of H-pyrrole nitrogens is 1. The van der Waals surface area contributed by atoms with Crippen LogP contribution in [0.3, 0.4) is 0 Å². The Kier molecular flexibility index (Phi) is 4.82. The normalized spacial score (nSPS) is 12.4. The molecule has 0 spiro atoms. The number of amides is 1. The number of hydrogen-bond acceptors (Lipinski definition) is 9. The number of carbonyl (C=O) groups excluding carboxylic acids is 1. The Morgan fingerprint density at radius 3 is 2.94 bits per heavy atom. The first-order chi connectivity index (χ1) is 15.1. The van der Waals surface area contributed by atoms with E-state index in [9.17, 15) is 4.79 Å². The summed E-state index contributed by atoms with van der Waals surface area (Å²) in [6.45, 7) is 2.54. The number of ether oxygens (including phenoxy) is 2. The summed E-state index contributed by atoms with van der Waals surface area (Å²) in [4.78, 5) is 25.3. The first-order valence-electron chi connectivity index (χ1n) is 9.43. The van der Waals surface area contributed by atoms with Gasteiger partial charge >= 0.3 is 0 Å². The van der Waals surface area contributed by atoms with Crippen molar-refractivity contribution in [3.8, 4) is 22.8 Å². The minimum Gasteiger partial charge on any atom is -0.454 e. The van der Waals surface area contributed by atoms with Crippen molar-refractivity contribution in [2.75, 3.05) is 19.1 Å². The van der Waals surface area contributed by atoms with Crippen LogP contribution in [0.4, 0.5) is 5.82 Å². The van der Waals surface area contributed by atoms with Crippen LogP contribution in [-0.2, 0) is 11.3 Å². The van der Waals surface area contributed by atoms with Gasteiger partial charge in [0.25, 0.3) is 0 Å². The molecule has 31 heavy (non-hydrogen) atoms. The van der Waals surface area contributed by atoms with Crippen LogP contribution in [0, 0.1) is 0 Å². The van der Waals surface area contributed by atoms with Crippen LogP contribution in [0.2, 0.25) is 0 Å². The van der Waals surface area contributed by atoms with E-state index in [1.54, 1.807) is 6.20 Å². The minimum absolute atomic E-state index is 0.107. The monoisotopic (exact) mass is 438 g/mol. The van der Waals surface area contributed by atoms with Gasteiger partial charge in [0.15, 0.2) is 33.6 Å². The Bertz CT molecular complexity index is 1270. The smallest absolute Gasteiger partial charge is 0.231 e. The number of rotatable bonds is 6. The number of nitrogens with two attached hydrogens (primary N) is 1. The first-order valence-corrected chi connectivity index (χ1v) is 10.2. The number of imidazole rings is 1. The second-order valence-electron chi connectivity index (χ2n) is 6.72. The van der Waals surface area contributed by atoms with Gasteiger partial charge in [0, 0.05) is 36.7 Å². The third kappa shape index (κ3) is 3.61. The number of carbonyl (C=O) groups is 1. The molecule has 11 nitrogen and oxygen atoms in total. The van der Waals surface area contributed by atoms with Crippen LogP contribution >= 0.6 is 11.8 Å². The highest BCUT2D eigenvalue weighted by molar-refractivity contribution is 7.99. The highest BCUT2D eigenvalue weighted by Gasteiger charge is 2.22. The molecule has 0 radical (unpaired) electrons. The topological polar surface area (TPSA) is 146 Å². The number of aromatic nitrogens is 6. The maximum absolute atomic E-state index is 11.3. The molecule has 0 saturated carbocycles. The predicted octanol–water partition coefficient (Wildman–Crippen LogP) is 1.81. The van der Waals surface area contributed by atoms with Crippen molar-refractivity contribution in [3.63, 3.8) is 0 Å². The van der Waals surface area contributed by atoms with Crippen LogP contribution in [0.15, 0.2) is 40.8 Å². The molecule has 4 aromatic rings. The summed E-state index contributed by atoms with van der Waals surface area (Å²) in [6, 6.07) is 5.69. The summed E-state index contributed by atoms with van der Waals surface area (Å²) >= 11 is 1.42. The third-order valence-electron chi connectivity index (χ3n) is 4.69. The highest BCUT2D eigenvalue weighted by atomic mass is 32.2. The number of benzene rings is 1. The average molecular weight is 438 g/mol. The van der Waals surface area contributed by atoms with E-state index in [0.717, 1.165) is 16.2 Å². The van der Waals surface area contributed by atoms with E-state index in [0.29, 0.717) is 46.7 Å². The highest BCUT2D eigenvalue weighted by Crippen LogP contribution is 2.44. The molecule has 1 aliphatic heterocycles. The lowest BCUT2D eigenvalue weighted by molar-refractivity contribution is -0.118. The van der Waals surface area contributed by atoms with Gasteiger partial charge in [-0.25, -0.2) is 15.0 Å². The van der Waals surface area contributed by atoms with E-state index in [2.05, 4.69) is 30.5 Å². The zero-order valence-electron chi connectivity index (χ0n) is 16.5. The summed E-state index contributed by atoms with van der Waals surface area (Å²) in [7, 11) is 0. The van der Waals surface area contributed by atoms with E-state index >= 15 is 0 Å². The van der Waals surface area contributed by atoms with E-state index in [1.165, 1.54) is 25.0 Å². The van der Waals surface area contributed by atoms with Gasteiger partial charge in [-0.05, 0) is 18.2 Å². The molecule has 12 heteroatoms. The van der Waals surface area contributed by atoms with Gasteiger partial charge in [0.1, 0.15) is 6.33 Å². The molecule has 1 aromatic carbocycles. The lowest BCUT2D eigenvalue weighted by Gasteiger charge is -2.11. The van der Waals surface area contributed by atoms with Crippen molar-refractivity contribution in [3.05, 3.63) is 30.7 Å². The molecule has 3 aromatic heterocycles. The fraction of sp³-hybridized carbons (Fsp3) is 0.211. The maximum Gasteiger partial charge on any atom is 0.231 e. The van der Waals surface area contributed by atoms with Crippen molar-refractivity contribution in [1.29, 1.82) is 0 Å². The van der Waals surface area contributed by atoms with Gasteiger partial charge in [0.2, 0.25) is 12.7 Å². The Balaban J connectivity index is 1.59. The van der Waals surface area contributed by atoms with Crippen molar-refractivity contribution in [1.82, 2.24) is 35.0 Å². The van der Waals surface area contributed by atoms with Crippen molar-refractivity contribution in [2.24, 2.45) is 0 Å². The summed E-state index contributed by atoms with van der Waals surface area (Å²) in [5.74, 6) is 1.51. The molecule has 0 saturated heterocycles.